The molecular formula is C22H40O3. The van der Waals surface area contributed by atoms with Crippen molar-refractivity contribution < 1.29 is 14.6 Å². The molecule has 0 saturated heterocycles. The molecule has 3 heteroatoms. The zero-order valence-electron chi connectivity index (χ0n) is 16.8. The highest BCUT2D eigenvalue weighted by Crippen LogP contribution is 2.53. The molecule has 0 aliphatic heterocycles. The number of carbonyl (C=O) groups excluding carboxylic acids is 1. The average molecular weight is 353 g/mol. The van der Waals surface area contributed by atoms with E-state index in [0.717, 1.165) is 43.4 Å². The van der Waals surface area contributed by atoms with Crippen LogP contribution in [0.4, 0.5) is 0 Å². The summed E-state index contributed by atoms with van der Waals surface area (Å²) in [7, 11) is 1.48. The molecule has 2 fully saturated rings. The molecule has 2 rings (SSSR count). The minimum absolute atomic E-state index is 0.0596. The zero-order chi connectivity index (χ0) is 18.3. The maximum atomic E-state index is 11.4. The molecule has 3 nitrogen and oxygen atoms in total. The number of carbonyl (C=O) groups is 1. The number of hydrogen-bond donors (Lipinski definition) is 1. The van der Waals surface area contributed by atoms with Gasteiger partial charge in [-0.05, 0) is 68.1 Å². The molecule has 5 atom stereocenters. The second kappa shape index (κ2) is 9.94. The molecule has 25 heavy (non-hydrogen) atoms. The molecule has 0 amide bonds. The van der Waals surface area contributed by atoms with Crippen molar-refractivity contribution in [2.24, 2.45) is 23.2 Å². The largest absolute Gasteiger partial charge is 0.469 e. The third kappa shape index (κ3) is 5.70. The van der Waals surface area contributed by atoms with Crippen molar-refractivity contribution in [1.29, 1.82) is 0 Å². The molecule has 146 valence electrons. The van der Waals surface area contributed by atoms with Crippen molar-refractivity contribution >= 4 is 5.97 Å². The van der Waals surface area contributed by atoms with Gasteiger partial charge in [0.15, 0.2) is 0 Å². The van der Waals surface area contributed by atoms with Crippen molar-refractivity contribution in [3.63, 3.8) is 0 Å². The van der Waals surface area contributed by atoms with Gasteiger partial charge in [-0.3, -0.25) is 4.79 Å². The van der Waals surface area contributed by atoms with E-state index in [4.69, 9.17) is 4.74 Å². The first kappa shape index (κ1) is 20.7. The fourth-order valence-electron chi connectivity index (χ4n) is 5.83. The molecule has 2 aliphatic rings. The van der Waals surface area contributed by atoms with Crippen molar-refractivity contribution in [2.45, 2.75) is 103 Å². The first-order valence-corrected chi connectivity index (χ1v) is 10.7. The van der Waals surface area contributed by atoms with Gasteiger partial charge >= 0.3 is 5.97 Å². The van der Waals surface area contributed by atoms with E-state index in [1.807, 2.05) is 0 Å². The molecule has 0 spiro atoms. The van der Waals surface area contributed by atoms with Gasteiger partial charge in [0.25, 0.3) is 0 Å². The number of esters is 1. The van der Waals surface area contributed by atoms with Gasteiger partial charge in [-0.1, -0.05) is 46.0 Å². The molecule has 0 aromatic carbocycles. The lowest BCUT2D eigenvalue weighted by Gasteiger charge is -2.49. The summed E-state index contributed by atoms with van der Waals surface area (Å²) < 4.78 is 4.78. The summed E-state index contributed by atoms with van der Waals surface area (Å²) in [5, 5.41) is 10.0. The third-order valence-corrected chi connectivity index (χ3v) is 7.41. The number of unbranched alkanes of at least 4 members (excludes halogenated alkanes) is 1. The Morgan fingerprint density at radius 2 is 1.84 bits per heavy atom. The van der Waals surface area contributed by atoms with Crippen LogP contribution in [-0.4, -0.2) is 24.3 Å². The SMILES string of the molecule is CCC1CCCC(C[C@@H]2CCCC(O)C2)C1(C)CCCCC(=O)OC. The fraction of sp³-hybridized carbons (Fsp3) is 0.955. The van der Waals surface area contributed by atoms with Crippen LogP contribution in [0.2, 0.25) is 0 Å². The van der Waals surface area contributed by atoms with Gasteiger partial charge in [-0.15, -0.1) is 0 Å². The first-order valence-electron chi connectivity index (χ1n) is 10.7. The molecule has 0 aromatic rings. The summed E-state index contributed by atoms with van der Waals surface area (Å²) in [5.74, 6) is 2.25. The van der Waals surface area contributed by atoms with Crippen LogP contribution in [0, 0.1) is 23.2 Å². The van der Waals surface area contributed by atoms with Crippen LogP contribution in [-0.2, 0) is 9.53 Å². The maximum Gasteiger partial charge on any atom is 0.305 e. The van der Waals surface area contributed by atoms with Gasteiger partial charge < -0.3 is 9.84 Å². The van der Waals surface area contributed by atoms with E-state index in [-0.39, 0.29) is 12.1 Å². The Bertz CT molecular complexity index is 408. The van der Waals surface area contributed by atoms with E-state index in [2.05, 4.69) is 13.8 Å². The highest BCUT2D eigenvalue weighted by Gasteiger charge is 2.43. The second-order valence-corrected chi connectivity index (χ2v) is 8.94. The lowest BCUT2D eigenvalue weighted by atomic mass is 9.56. The van der Waals surface area contributed by atoms with Gasteiger partial charge in [-0.2, -0.15) is 0 Å². The number of rotatable bonds is 8. The van der Waals surface area contributed by atoms with E-state index >= 15 is 0 Å². The predicted octanol–water partition coefficient (Wildman–Crippen LogP) is 5.49. The summed E-state index contributed by atoms with van der Waals surface area (Å²) in [6, 6.07) is 0. The average Bonchev–Trinajstić information content (AvgIpc) is 2.60. The smallest absolute Gasteiger partial charge is 0.305 e. The highest BCUT2D eigenvalue weighted by molar-refractivity contribution is 5.68. The quantitative estimate of drug-likeness (QED) is 0.464. The maximum absolute atomic E-state index is 11.4. The Balaban J connectivity index is 1.95. The van der Waals surface area contributed by atoms with Gasteiger partial charge in [0.1, 0.15) is 0 Å². The van der Waals surface area contributed by atoms with E-state index in [9.17, 15) is 9.90 Å². The van der Waals surface area contributed by atoms with Gasteiger partial charge in [-0.25, -0.2) is 0 Å². The predicted molar refractivity (Wildman–Crippen MR) is 102 cm³/mol. The Morgan fingerprint density at radius 1 is 1.12 bits per heavy atom. The minimum atomic E-state index is -0.0754. The lowest BCUT2D eigenvalue weighted by molar-refractivity contribution is -0.140. The summed E-state index contributed by atoms with van der Waals surface area (Å²) in [6.07, 6.45) is 15.0. The first-order chi connectivity index (χ1) is 12.0. The molecule has 4 unspecified atom stereocenters. The van der Waals surface area contributed by atoms with Crippen LogP contribution < -0.4 is 0 Å². The molecule has 0 radical (unpaired) electrons. The van der Waals surface area contributed by atoms with Crippen LogP contribution in [0.1, 0.15) is 97.3 Å². The molecule has 1 N–H and O–H groups in total. The Kier molecular flexibility index (Phi) is 8.25. The molecule has 0 heterocycles. The molecule has 0 bridgehead atoms. The van der Waals surface area contributed by atoms with Crippen molar-refractivity contribution in [3.05, 3.63) is 0 Å². The molecule has 2 saturated carbocycles. The van der Waals surface area contributed by atoms with Gasteiger partial charge in [0, 0.05) is 6.42 Å². The van der Waals surface area contributed by atoms with Crippen LogP contribution >= 0.6 is 0 Å². The van der Waals surface area contributed by atoms with Crippen LogP contribution in [0.3, 0.4) is 0 Å². The number of ether oxygens (including phenoxy) is 1. The highest BCUT2D eigenvalue weighted by atomic mass is 16.5. The van der Waals surface area contributed by atoms with Crippen LogP contribution in [0.15, 0.2) is 0 Å². The van der Waals surface area contributed by atoms with Crippen molar-refractivity contribution in [2.75, 3.05) is 7.11 Å². The fourth-order valence-corrected chi connectivity index (χ4v) is 5.83. The Labute approximate surface area is 154 Å². The summed E-state index contributed by atoms with van der Waals surface area (Å²) in [4.78, 5) is 11.4. The summed E-state index contributed by atoms with van der Waals surface area (Å²) in [5.41, 5.74) is 0.408. The number of aliphatic hydroxyl groups excluding tert-OH is 1. The normalized spacial score (nSPS) is 36.2. The summed E-state index contributed by atoms with van der Waals surface area (Å²) in [6.45, 7) is 4.88. The van der Waals surface area contributed by atoms with E-state index in [1.54, 1.807) is 0 Å². The van der Waals surface area contributed by atoms with Crippen LogP contribution in [0.25, 0.3) is 0 Å². The minimum Gasteiger partial charge on any atom is -0.469 e. The molecule has 2 aliphatic carbocycles. The van der Waals surface area contributed by atoms with Crippen LogP contribution in [0.5, 0.6) is 0 Å². The zero-order valence-corrected chi connectivity index (χ0v) is 16.8. The standard InChI is InChI=1S/C22H40O3/c1-4-18-10-8-11-19(15-17-9-7-12-20(23)16-17)22(18,2)14-6-5-13-21(24)25-3/h17-20,23H,4-16H2,1-3H3/t17-,18?,19?,20?,22?/m0/s1. The number of methoxy groups -OCH3 is 1. The van der Waals surface area contributed by atoms with Gasteiger partial charge in [0.2, 0.25) is 0 Å². The number of aliphatic hydroxyl groups is 1. The molecular weight excluding hydrogens is 312 g/mol. The number of hydrogen-bond acceptors (Lipinski definition) is 3. The topological polar surface area (TPSA) is 46.5 Å². The van der Waals surface area contributed by atoms with Gasteiger partial charge in [0.05, 0.1) is 13.2 Å². The Hall–Kier alpha value is -0.570. The Morgan fingerprint density at radius 3 is 2.52 bits per heavy atom. The van der Waals surface area contributed by atoms with Crippen molar-refractivity contribution in [3.8, 4) is 0 Å². The summed E-state index contributed by atoms with van der Waals surface area (Å²) >= 11 is 0. The van der Waals surface area contributed by atoms with Crippen molar-refractivity contribution in [1.82, 2.24) is 0 Å². The monoisotopic (exact) mass is 352 g/mol. The van der Waals surface area contributed by atoms with E-state index < -0.39 is 0 Å². The third-order valence-electron chi connectivity index (χ3n) is 7.41. The second-order valence-electron chi connectivity index (χ2n) is 8.94. The molecule has 0 aromatic heterocycles. The lowest BCUT2D eigenvalue weighted by Crippen LogP contribution is -2.40. The van der Waals surface area contributed by atoms with E-state index in [1.165, 1.54) is 58.5 Å². The van der Waals surface area contributed by atoms with E-state index in [0.29, 0.717) is 11.8 Å².